The Balaban J connectivity index is 1.39. The van der Waals surface area contributed by atoms with Crippen LogP contribution in [0.5, 0.6) is 11.5 Å². The van der Waals surface area contributed by atoms with Crippen molar-refractivity contribution in [3.63, 3.8) is 0 Å². The summed E-state index contributed by atoms with van der Waals surface area (Å²) in [5.41, 5.74) is 1.09. The average Bonchev–Trinajstić information content (AvgIpc) is 3.24. The van der Waals surface area contributed by atoms with Gasteiger partial charge in [-0.15, -0.1) is 11.3 Å². The number of nitrogens with one attached hydrogen (secondary N) is 1. The van der Waals surface area contributed by atoms with Gasteiger partial charge in [-0.05, 0) is 12.1 Å². The molecule has 0 saturated carbocycles. The number of carbonyl (C=O) groups is 1. The summed E-state index contributed by atoms with van der Waals surface area (Å²) in [5.74, 6) is 1.10. The van der Waals surface area contributed by atoms with Crippen molar-refractivity contribution in [1.29, 1.82) is 0 Å². The number of amides is 1. The third kappa shape index (κ3) is 3.35. The first-order valence-electron chi connectivity index (χ1n) is 7.73. The highest BCUT2D eigenvalue weighted by molar-refractivity contribution is 7.09. The lowest BCUT2D eigenvalue weighted by atomic mass is 10.2. The highest BCUT2D eigenvalue weighted by Gasteiger charge is 2.17. The first kappa shape index (κ1) is 15.4. The quantitative estimate of drug-likeness (QED) is 0.911. The smallest absolute Gasteiger partial charge is 0.275 e. The van der Waals surface area contributed by atoms with E-state index in [4.69, 9.17) is 14.2 Å². The maximum Gasteiger partial charge on any atom is 0.275 e. The van der Waals surface area contributed by atoms with E-state index in [-0.39, 0.29) is 12.7 Å². The van der Waals surface area contributed by atoms with Crippen LogP contribution in [0.15, 0.2) is 23.6 Å². The van der Waals surface area contributed by atoms with E-state index in [1.165, 1.54) is 11.3 Å². The van der Waals surface area contributed by atoms with Crippen LogP contribution in [0.2, 0.25) is 0 Å². The van der Waals surface area contributed by atoms with Gasteiger partial charge in [-0.1, -0.05) is 0 Å². The standard InChI is InChI=1S/C16H17N3O4S/c20-16(17-11-1-2-13-14(7-11)23-10-22-13)12-9-24-15(18-12)8-19-3-5-21-6-4-19/h1-2,7,9H,3-6,8,10H2,(H,17,20). The van der Waals surface area contributed by atoms with Gasteiger partial charge in [0, 0.05) is 30.2 Å². The molecule has 2 aromatic rings. The number of morpholine rings is 1. The molecule has 4 rings (SSSR count). The number of nitrogens with zero attached hydrogens (tertiary/aromatic N) is 2. The van der Waals surface area contributed by atoms with Crippen LogP contribution in [0.25, 0.3) is 0 Å². The number of ether oxygens (including phenoxy) is 3. The zero-order valence-corrected chi connectivity index (χ0v) is 13.8. The van der Waals surface area contributed by atoms with Crippen molar-refractivity contribution in [2.45, 2.75) is 6.54 Å². The number of aromatic nitrogens is 1. The SMILES string of the molecule is O=C(Nc1ccc2c(c1)OCO2)c1csc(CN2CCOCC2)n1. The molecule has 0 spiro atoms. The molecule has 1 aromatic heterocycles. The van der Waals surface area contributed by atoms with Crippen LogP contribution in [0.4, 0.5) is 5.69 Å². The van der Waals surface area contributed by atoms with E-state index in [0.717, 1.165) is 37.9 Å². The molecule has 7 nitrogen and oxygen atoms in total. The van der Waals surface area contributed by atoms with Gasteiger partial charge in [-0.25, -0.2) is 4.98 Å². The first-order chi connectivity index (χ1) is 11.8. The third-order valence-corrected chi connectivity index (χ3v) is 4.71. The molecule has 0 unspecified atom stereocenters. The van der Waals surface area contributed by atoms with E-state index in [2.05, 4.69) is 15.2 Å². The highest BCUT2D eigenvalue weighted by Crippen LogP contribution is 2.34. The Morgan fingerprint density at radius 2 is 2.08 bits per heavy atom. The molecule has 24 heavy (non-hydrogen) atoms. The van der Waals surface area contributed by atoms with E-state index in [1.54, 1.807) is 23.6 Å². The highest BCUT2D eigenvalue weighted by atomic mass is 32.1. The maximum absolute atomic E-state index is 12.3. The van der Waals surface area contributed by atoms with Crippen molar-refractivity contribution < 1.29 is 19.0 Å². The number of anilines is 1. The van der Waals surface area contributed by atoms with Gasteiger partial charge in [-0.3, -0.25) is 9.69 Å². The monoisotopic (exact) mass is 347 g/mol. The fraction of sp³-hybridized carbons (Fsp3) is 0.375. The molecule has 1 N–H and O–H groups in total. The number of fused-ring (bicyclic) bond motifs is 1. The molecule has 0 atom stereocenters. The summed E-state index contributed by atoms with van der Waals surface area (Å²) >= 11 is 1.50. The minimum Gasteiger partial charge on any atom is -0.454 e. The summed E-state index contributed by atoms with van der Waals surface area (Å²) in [4.78, 5) is 19.1. The van der Waals surface area contributed by atoms with Crippen LogP contribution < -0.4 is 14.8 Å². The molecule has 0 bridgehead atoms. The minimum absolute atomic E-state index is 0.212. The number of hydrogen-bond donors (Lipinski definition) is 1. The summed E-state index contributed by atoms with van der Waals surface area (Å²) in [7, 11) is 0. The van der Waals surface area contributed by atoms with Crippen molar-refractivity contribution in [2.24, 2.45) is 0 Å². The van der Waals surface area contributed by atoms with Crippen LogP contribution in [0.1, 0.15) is 15.5 Å². The van der Waals surface area contributed by atoms with Crippen LogP contribution in [-0.2, 0) is 11.3 Å². The Bertz CT molecular complexity index is 743. The topological polar surface area (TPSA) is 72.9 Å². The molecule has 126 valence electrons. The van der Waals surface area contributed by atoms with Gasteiger partial charge in [0.25, 0.3) is 5.91 Å². The average molecular weight is 347 g/mol. The molecule has 1 fully saturated rings. The van der Waals surface area contributed by atoms with Crippen molar-refractivity contribution in [3.8, 4) is 11.5 Å². The molecule has 1 amide bonds. The lowest BCUT2D eigenvalue weighted by Crippen LogP contribution is -2.35. The molecule has 3 heterocycles. The largest absolute Gasteiger partial charge is 0.454 e. The fourth-order valence-electron chi connectivity index (χ4n) is 2.61. The maximum atomic E-state index is 12.3. The van der Waals surface area contributed by atoms with Gasteiger partial charge >= 0.3 is 0 Å². The molecular formula is C16H17N3O4S. The molecule has 1 aromatic carbocycles. The van der Waals surface area contributed by atoms with Crippen LogP contribution in [0.3, 0.4) is 0 Å². The van der Waals surface area contributed by atoms with E-state index in [1.807, 2.05) is 0 Å². The minimum atomic E-state index is -0.224. The molecule has 2 aliphatic heterocycles. The van der Waals surface area contributed by atoms with Gasteiger partial charge in [0.2, 0.25) is 6.79 Å². The van der Waals surface area contributed by atoms with Crippen LogP contribution in [-0.4, -0.2) is 48.9 Å². The van der Waals surface area contributed by atoms with Gasteiger partial charge in [-0.2, -0.15) is 0 Å². The Kier molecular flexibility index (Phi) is 4.33. The van der Waals surface area contributed by atoms with E-state index in [9.17, 15) is 4.79 Å². The van der Waals surface area contributed by atoms with Gasteiger partial charge in [0.1, 0.15) is 10.7 Å². The van der Waals surface area contributed by atoms with Crippen molar-refractivity contribution in [1.82, 2.24) is 9.88 Å². The summed E-state index contributed by atoms with van der Waals surface area (Å²) in [6, 6.07) is 5.32. The Hall–Kier alpha value is -2.16. The van der Waals surface area contributed by atoms with Crippen molar-refractivity contribution in [2.75, 3.05) is 38.4 Å². The summed E-state index contributed by atoms with van der Waals surface area (Å²) in [6.07, 6.45) is 0. The van der Waals surface area contributed by atoms with Crippen molar-refractivity contribution in [3.05, 3.63) is 34.3 Å². The van der Waals surface area contributed by atoms with Crippen LogP contribution in [0, 0.1) is 0 Å². The second kappa shape index (κ2) is 6.76. The fourth-order valence-corrected chi connectivity index (χ4v) is 3.42. The molecule has 2 aliphatic rings. The summed E-state index contributed by atoms with van der Waals surface area (Å²) < 4.78 is 15.9. The number of thiazole rings is 1. The predicted molar refractivity (Wildman–Crippen MR) is 88.7 cm³/mol. The number of rotatable bonds is 4. The van der Waals surface area contributed by atoms with Crippen molar-refractivity contribution >= 4 is 22.9 Å². The Labute approximate surface area is 143 Å². The Morgan fingerprint density at radius 1 is 1.25 bits per heavy atom. The number of benzene rings is 1. The molecular weight excluding hydrogens is 330 g/mol. The zero-order valence-electron chi connectivity index (χ0n) is 13.0. The van der Waals surface area contributed by atoms with Gasteiger partial charge in [0.05, 0.1) is 19.8 Å². The molecule has 0 radical (unpaired) electrons. The molecule has 8 heteroatoms. The van der Waals surface area contributed by atoms with E-state index >= 15 is 0 Å². The van der Waals surface area contributed by atoms with Gasteiger partial charge in [0.15, 0.2) is 11.5 Å². The number of carbonyl (C=O) groups excluding carboxylic acids is 1. The summed E-state index contributed by atoms with van der Waals surface area (Å²) in [6.45, 7) is 4.28. The molecule has 0 aliphatic carbocycles. The zero-order chi connectivity index (χ0) is 16.4. The Morgan fingerprint density at radius 3 is 2.96 bits per heavy atom. The van der Waals surface area contributed by atoms with E-state index in [0.29, 0.717) is 22.9 Å². The number of hydrogen-bond acceptors (Lipinski definition) is 7. The van der Waals surface area contributed by atoms with E-state index < -0.39 is 0 Å². The second-order valence-electron chi connectivity index (χ2n) is 5.54. The predicted octanol–water partition coefficient (Wildman–Crippen LogP) is 1.96. The third-order valence-electron chi connectivity index (χ3n) is 3.88. The second-order valence-corrected chi connectivity index (χ2v) is 6.48. The van der Waals surface area contributed by atoms with Gasteiger partial charge < -0.3 is 19.5 Å². The summed E-state index contributed by atoms with van der Waals surface area (Å²) in [5, 5.41) is 5.57. The lowest BCUT2D eigenvalue weighted by molar-refractivity contribution is 0.0341. The first-order valence-corrected chi connectivity index (χ1v) is 8.61. The molecule has 1 saturated heterocycles. The van der Waals surface area contributed by atoms with Crippen LogP contribution >= 0.6 is 11.3 Å². The normalized spacial score (nSPS) is 17.0. The lowest BCUT2D eigenvalue weighted by Gasteiger charge is -2.25.